The minimum atomic E-state index is -0.584. The third-order valence-electron chi connectivity index (χ3n) is 3.22. The fourth-order valence-corrected chi connectivity index (χ4v) is 2.10. The van der Waals surface area contributed by atoms with Gasteiger partial charge in [-0.3, -0.25) is 4.68 Å². The molecule has 1 heterocycles. The largest absolute Gasteiger partial charge is 0.399 e. The molecule has 2 aromatic carbocycles. The standard InChI is InChI=1S/C16H13F2N3/c17-14-4-1-12(16(18)7-14)9-21-10-13(8-20-21)11-2-5-15(19)6-3-11/h1-8,10H,9,19H2. The van der Waals surface area contributed by atoms with E-state index in [9.17, 15) is 8.78 Å². The first-order chi connectivity index (χ1) is 10.1. The monoisotopic (exact) mass is 285 g/mol. The van der Waals surface area contributed by atoms with Crippen LogP contribution in [0.3, 0.4) is 0 Å². The summed E-state index contributed by atoms with van der Waals surface area (Å²) in [5, 5.41) is 4.20. The van der Waals surface area contributed by atoms with Crippen LogP contribution in [0.25, 0.3) is 11.1 Å². The van der Waals surface area contributed by atoms with E-state index in [-0.39, 0.29) is 6.54 Å². The molecule has 2 N–H and O–H groups in total. The summed E-state index contributed by atoms with van der Waals surface area (Å²) in [5.74, 6) is -1.15. The predicted octanol–water partition coefficient (Wildman–Crippen LogP) is 3.46. The number of nitrogens with two attached hydrogens (primary N) is 1. The molecule has 0 unspecified atom stereocenters. The number of anilines is 1. The number of nitrogens with zero attached hydrogens (tertiary/aromatic N) is 2. The zero-order chi connectivity index (χ0) is 14.8. The minimum Gasteiger partial charge on any atom is -0.399 e. The molecule has 1 aromatic heterocycles. The highest BCUT2D eigenvalue weighted by atomic mass is 19.1. The van der Waals surface area contributed by atoms with Crippen molar-refractivity contribution in [1.82, 2.24) is 9.78 Å². The van der Waals surface area contributed by atoms with Crippen LogP contribution in [-0.4, -0.2) is 9.78 Å². The van der Waals surface area contributed by atoms with Crippen LogP contribution in [-0.2, 0) is 6.54 Å². The van der Waals surface area contributed by atoms with Gasteiger partial charge < -0.3 is 5.73 Å². The molecule has 0 saturated heterocycles. The van der Waals surface area contributed by atoms with Crippen molar-refractivity contribution >= 4 is 5.69 Å². The van der Waals surface area contributed by atoms with E-state index < -0.39 is 11.6 Å². The first-order valence-electron chi connectivity index (χ1n) is 6.44. The number of aromatic nitrogens is 2. The molecule has 106 valence electrons. The molecule has 0 aliphatic rings. The molecule has 0 radical (unpaired) electrons. The fraction of sp³-hybridized carbons (Fsp3) is 0.0625. The number of hydrogen-bond donors (Lipinski definition) is 1. The summed E-state index contributed by atoms with van der Waals surface area (Å²) in [4.78, 5) is 0. The van der Waals surface area contributed by atoms with Crippen LogP contribution in [0.2, 0.25) is 0 Å². The first kappa shape index (κ1) is 13.3. The van der Waals surface area contributed by atoms with E-state index >= 15 is 0 Å². The Bertz CT molecular complexity index is 763. The SMILES string of the molecule is Nc1ccc(-c2cnn(Cc3ccc(F)cc3F)c2)cc1. The van der Waals surface area contributed by atoms with Gasteiger partial charge in [0.1, 0.15) is 11.6 Å². The summed E-state index contributed by atoms with van der Waals surface area (Å²) in [6, 6.07) is 11.0. The Balaban J connectivity index is 1.83. The summed E-state index contributed by atoms with van der Waals surface area (Å²) < 4.78 is 28.1. The lowest BCUT2D eigenvalue weighted by atomic mass is 10.1. The molecule has 0 saturated carbocycles. The number of benzene rings is 2. The maximum absolute atomic E-state index is 13.6. The third-order valence-corrected chi connectivity index (χ3v) is 3.22. The van der Waals surface area contributed by atoms with E-state index in [1.54, 1.807) is 10.9 Å². The van der Waals surface area contributed by atoms with Crippen molar-refractivity contribution in [3.63, 3.8) is 0 Å². The molecular weight excluding hydrogens is 272 g/mol. The average Bonchev–Trinajstić information content (AvgIpc) is 2.91. The van der Waals surface area contributed by atoms with Crippen LogP contribution in [0, 0.1) is 11.6 Å². The van der Waals surface area contributed by atoms with Crippen LogP contribution >= 0.6 is 0 Å². The second-order valence-corrected chi connectivity index (χ2v) is 4.78. The second kappa shape index (κ2) is 5.36. The Kier molecular flexibility index (Phi) is 3.39. The highest BCUT2D eigenvalue weighted by molar-refractivity contribution is 5.63. The van der Waals surface area contributed by atoms with Crippen molar-refractivity contribution in [1.29, 1.82) is 0 Å². The molecule has 0 spiro atoms. The van der Waals surface area contributed by atoms with E-state index in [2.05, 4.69) is 5.10 Å². The molecular formula is C16H13F2N3. The Morgan fingerprint density at radius 2 is 1.76 bits per heavy atom. The number of nitrogen functional groups attached to an aromatic ring is 1. The van der Waals surface area contributed by atoms with Gasteiger partial charge in [0, 0.05) is 29.1 Å². The quantitative estimate of drug-likeness (QED) is 0.749. The van der Waals surface area contributed by atoms with Crippen LogP contribution < -0.4 is 5.73 Å². The molecule has 0 aliphatic heterocycles. The molecule has 0 atom stereocenters. The lowest BCUT2D eigenvalue weighted by Gasteiger charge is -2.03. The maximum Gasteiger partial charge on any atom is 0.131 e. The summed E-state index contributed by atoms with van der Waals surface area (Å²) in [6.45, 7) is 0.251. The van der Waals surface area contributed by atoms with Crippen LogP contribution in [0.4, 0.5) is 14.5 Å². The molecule has 0 bridgehead atoms. The van der Waals surface area contributed by atoms with Gasteiger partial charge in [-0.1, -0.05) is 18.2 Å². The summed E-state index contributed by atoms with van der Waals surface area (Å²) in [6.07, 6.45) is 3.52. The Morgan fingerprint density at radius 3 is 2.48 bits per heavy atom. The molecule has 5 heteroatoms. The molecule has 3 nitrogen and oxygen atoms in total. The van der Waals surface area contributed by atoms with Gasteiger partial charge in [-0.2, -0.15) is 5.10 Å². The van der Waals surface area contributed by atoms with Crippen molar-refractivity contribution in [2.75, 3.05) is 5.73 Å². The fourth-order valence-electron chi connectivity index (χ4n) is 2.10. The van der Waals surface area contributed by atoms with Crippen LogP contribution in [0.15, 0.2) is 54.9 Å². The van der Waals surface area contributed by atoms with Crippen molar-refractivity contribution in [3.05, 3.63) is 72.1 Å². The lowest BCUT2D eigenvalue weighted by Crippen LogP contribution is -2.02. The summed E-state index contributed by atoms with van der Waals surface area (Å²) in [7, 11) is 0. The molecule has 3 aromatic rings. The van der Waals surface area contributed by atoms with Crippen molar-refractivity contribution in [2.45, 2.75) is 6.54 Å². The van der Waals surface area contributed by atoms with E-state index in [0.717, 1.165) is 17.2 Å². The van der Waals surface area contributed by atoms with Gasteiger partial charge in [-0.15, -0.1) is 0 Å². The normalized spacial score (nSPS) is 10.8. The highest BCUT2D eigenvalue weighted by Crippen LogP contribution is 2.20. The predicted molar refractivity (Wildman–Crippen MR) is 77.5 cm³/mol. The molecule has 0 aliphatic carbocycles. The van der Waals surface area contributed by atoms with Crippen molar-refractivity contribution < 1.29 is 8.78 Å². The van der Waals surface area contributed by atoms with Gasteiger partial charge in [-0.05, 0) is 23.8 Å². The zero-order valence-corrected chi connectivity index (χ0v) is 11.1. The minimum absolute atomic E-state index is 0.251. The van der Waals surface area contributed by atoms with Crippen molar-refractivity contribution in [2.24, 2.45) is 0 Å². The van der Waals surface area contributed by atoms with Gasteiger partial charge in [0.25, 0.3) is 0 Å². The Morgan fingerprint density at radius 1 is 1.00 bits per heavy atom. The molecule has 0 fully saturated rings. The molecule has 21 heavy (non-hydrogen) atoms. The number of hydrogen-bond acceptors (Lipinski definition) is 2. The van der Waals surface area contributed by atoms with Gasteiger partial charge in [0.2, 0.25) is 0 Å². The van der Waals surface area contributed by atoms with E-state index in [0.29, 0.717) is 11.3 Å². The zero-order valence-electron chi connectivity index (χ0n) is 11.1. The van der Waals surface area contributed by atoms with Crippen LogP contribution in [0.1, 0.15) is 5.56 Å². The summed E-state index contributed by atoms with van der Waals surface area (Å²) in [5.41, 5.74) is 8.63. The molecule has 0 amide bonds. The van der Waals surface area contributed by atoms with E-state index in [1.165, 1.54) is 12.1 Å². The lowest BCUT2D eigenvalue weighted by molar-refractivity contribution is 0.558. The van der Waals surface area contributed by atoms with E-state index in [1.807, 2.05) is 30.5 Å². The van der Waals surface area contributed by atoms with Gasteiger partial charge >= 0.3 is 0 Å². The second-order valence-electron chi connectivity index (χ2n) is 4.78. The highest BCUT2D eigenvalue weighted by Gasteiger charge is 2.07. The van der Waals surface area contributed by atoms with Crippen LogP contribution in [0.5, 0.6) is 0 Å². The van der Waals surface area contributed by atoms with Gasteiger partial charge in [-0.25, -0.2) is 8.78 Å². The Hall–Kier alpha value is -2.69. The number of halogens is 2. The van der Waals surface area contributed by atoms with Crippen molar-refractivity contribution in [3.8, 4) is 11.1 Å². The molecule has 3 rings (SSSR count). The van der Waals surface area contributed by atoms with Gasteiger partial charge in [0.05, 0.1) is 12.7 Å². The topological polar surface area (TPSA) is 43.8 Å². The third kappa shape index (κ3) is 2.91. The van der Waals surface area contributed by atoms with E-state index in [4.69, 9.17) is 5.73 Å². The van der Waals surface area contributed by atoms with Gasteiger partial charge in [0.15, 0.2) is 0 Å². The number of rotatable bonds is 3. The first-order valence-corrected chi connectivity index (χ1v) is 6.44. The average molecular weight is 285 g/mol. The maximum atomic E-state index is 13.6. The Labute approximate surface area is 120 Å². The summed E-state index contributed by atoms with van der Waals surface area (Å²) >= 11 is 0. The smallest absolute Gasteiger partial charge is 0.131 e.